The van der Waals surface area contributed by atoms with Gasteiger partial charge in [0.25, 0.3) is 11.8 Å². The number of imide groups is 2. The van der Waals surface area contributed by atoms with Crippen LogP contribution < -0.4 is 15.0 Å². The number of carbonyl (C=O) groups is 3. The summed E-state index contributed by atoms with van der Waals surface area (Å²) in [5.74, 6) is -1.08. The number of barbiturate groups is 1. The molecular formula is C26H20Cl2N2O4. The monoisotopic (exact) mass is 494 g/mol. The van der Waals surface area contributed by atoms with Crippen LogP contribution >= 0.6 is 23.2 Å². The molecule has 1 heterocycles. The molecule has 0 aliphatic carbocycles. The summed E-state index contributed by atoms with van der Waals surface area (Å²) in [6, 6.07) is 16.9. The van der Waals surface area contributed by atoms with Gasteiger partial charge >= 0.3 is 6.03 Å². The molecule has 0 unspecified atom stereocenters. The molecule has 4 rings (SSSR count). The number of halogens is 2. The van der Waals surface area contributed by atoms with E-state index in [1.807, 2.05) is 31.2 Å². The maximum absolute atomic E-state index is 13.1. The summed E-state index contributed by atoms with van der Waals surface area (Å²) in [6.45, 7) is 4.09. The van der Waals surface area contributed by atoms with E-state index in [-0.39, 0.29) is 5.57 Å². The van der Waals surface area contributed by atoms with E-state index in [0.29, 0.717) is 39.2 Å². The van der Waals surface area contributed by atoms with Crippen molar-refractivity contribution in [1.82, 2.24) is 5.32 Å². The van der Waals surface area contributed by atoms with Crippen molar-refractivity contribution < 1.29 is 19.1 Å². The molecule has 8 heteroatoms. The number of hydrogen-bond acceptors (Lipinski definition) is 4. The van der Waals surface area contributed by atoms with E-state index >= 15 is 0 Å². The van der Waals surface area contributed by atoms with Crippen LogP contribution in [0, 0.1) is 13.8 Å². The highest BCUT2D eigenvalue weighted by molar-refractivity contribution is 6.40. The summed E-state index contributed by atoms with van der Waals surface area (Å²) >= 11 is 12.4. The number of ether oxygens (including phenoxy) is 1. The molecule has 3 aromatic rings. The van der Waals surface area contributed by atoms with E-state index in [1.54, 1.807) is 37.3 Å². The van der Waals surface area contributed by atoms with Crippen LogP contribution in [-0.2, 0) is 16.2 Å². The Hall–Kier alpha value is -3.61. The minimum absolute atomic E-state index is 0.205. The number of hydrogen-bond donors (Lipinski definition) is 1. The summed E-state index contributed by atoms with van der Waals surface area (Å²) in [7, 11) is 0. The van der Waals surface area contributed by atoms with Gasteiger partial charge in [-0.05, 0) is 60.9 Å². The Labute approximate surface area is 206 Å². The quantitative estimate of drug-likeness (QED) is 0.356. The van der Waals surface area contributed by atoms with E-state index < -0.39 is 17.8 Å². The van der Waals surface area contributed by atoms with Crippen LogP contribution in [0.5, 0.6) is 5.75 Å². The summed E-state index contributed by atoms with van der Waals surface area (Å²) < 4.78 is 5.81. The third kappa shape index (κ3) is 4.98. The molecule has 0 radical (unpaired) electrons. The molecule has 0 aromatic heterocycles. The zero-order chi connectivity index (χ0) is 24.4. The van der Waals surface area contributed by atoms with Crippen LogP contribution in [-0.4, -0.2) is 17.8 Å². The summed E-state index contributed by atoms with van der Waals surface area (Å²) in [4.78, 5) is 38.9. The van der Waals surface area contributed by atoms with Crippen molar-refractivity contribution in [1.29, 1.82) is 0 Å². The van der Waals surface area contributed by atoms with Gasteiger partial charge in [-0.15, -0.1) is 0 Å². The normalized spacial score (nSPS) is 15.0. The Morgan fingerprint density at radius 3 is 2.50 bits per heavy atom. The number of benzene rings is 3. The van der Waals surface area contributed by atoms with Crippen molar-refractivity contribution in [2.45, 2.75) is 20.5 Å². The molecule has 3 aromatic carbocycles. The summed E-state index contributed by atoms with van der Waals surface area (Å²) in [6.07, 6.45) is 1.38. The molecule has 0 saturated carbocycles. The SMILES string of the molecule is Cc1cccc(COc2ccc(/C=C3\C(=O)NC(=O)N(c4cc(Cl)ccc4C)C3=O)cc2Cl)c1. The highest BCUT2D eigenvalue weighted by Crippen LogP contribution is 2.30. The lowest BCUT2D eigenvalue weighted by molar-refractivity contribution is -0.122. The fraction of sp³-hybridized carbons (Fsp3) is 0.115. The van der Waals surface area contributed by atoms with Crippen molar-refractivity contribution in [2.24, 2.45) is 0 Å². The number of anilines is 1. The van der Waals surface area contributed by atoms with Gasteiger partial charge < -0.3 is 4.74 Å². The topological polar surface area (TPSA) is 75.7 Å². The Morgan fingerprint density at radius 2 is 1.76 bits per heavy atom. The molecule has 172 valence electrons. The van der Waals surface area contributed by atoms with Gasteiger partial charge in [-0.3, -0.25) is 14.9 Å². The van der Waals surface area contributed by atoms with Crippen LogP contribution in [0.1, 0.15) is 22.3 Å². The van der Waals surface area contributed by atoms with Gasteiger partial charge in [-0.25, -0.2) is 9.69 Å². The first kappa shape index (κ1) is 23.5. The lowest BCUT2D eigenvalue weighted by Crippen LogP contribution is -2.54. The molecule has 1 saturated heterocycles. The van der Waals surface area contributed by atoms with E-state index in [2.05, 4.69) is 5.32 Å². The average Bonchev–Trinajstić information content (AvgIpc) is 2.78. The Kier molecular flexibility index (Phi) is 6.72. The number of amides is 4. The fourth-order valence-corrected chi connectivity index (χ4v) is 3.96. The Balaban J connectivity index is 1.59. The summed E-state index contributed by atoms with van der Waals surface area (Å²) in [5.41, 5.74) is 3.39. The molecule has 1 aliphatic rings. The number of rotatable bonds is 5. The molecule has 0 spiro atoms. The largest absolute Gasteiger partial charge is 0.487 e. The minimum Gasteiger partial charge on any atom is -0.487 e. The smallest absolute Gasteiger partial charge is 0.335 e. The van der Waals surface area contributed by atoms with Crippen LogP contribution in [0.15, 0.2) is 66.2 Å². The zero-order valence-electron chi connectivity index (χ0n) is 18.4. The molecule has 34 heavy (non-hydrogen) atoms. The molecule has 0 atom stereocenters. The third-order valence-electron chi connectivity index (χ3n) is 5.26. The van der Waals surface area contributed by atoms with Crippen molar-refractivity contribution in [3.63, 3.8) is 0 Å². The zero-order valence-corrected chi connectivity index (χ0v) is 19.9. The number of carbonyl (C=O) groups excluding carboxylic acids is 3. The van der Waals surface area contributed by atoms with Crippen LogP contribution in [0.25, 0.3) is 6.08 Å². The van der Waals surface area contributed by atoms with E-state index in [0.717, 1.165) is 16.0 Å². The highest BCUT2D eigenvalue weighted by atomic mass is 35.5. The second-order valence-corrected chi connectivity index (χ2v) is 8.70. The van der Waals surface area contributed by atoms with Gasteiger partial charge in [0, 0.05) is 5.02 Å². The second kappa shape index (κ2) is 9.71. The minimum atomic E-state index is -0.838. The van der Waals surface area contributed by atoms with E-state index in [9.17, 15) is 14.4 Å². The lowest BCUT2D eigenvalue weighted by Gasteiger charge is -2.27. The summed E-state index contributed by atoms with van der Waals surface area (Å²) in [5, 5.41) is 2.88. The van der Waals surface area contributed by atoms with Gasteiger partial charge in [0.1, 0.15) is 17.9 Å². The Bertz CT molecular complexity index is 1350. The van der Waals surface area contributed by atoms with Crippen molar-refractivity contribution in [3.05, 3.63) is 98.5 Å². The lowest BCUT2D eigenvalue weighted by atomic mass is 10.1. The maximum Gasteiger partial charge on any atom is 0.335 e. The number of aryl methyl sites for hydroxylation is 2. The highest BCUT2D eigenvalue weighted by Gasteiger charge is 2.37. The molecule has 0 bridgehead atoms. The molecule has 6 nitrogen and oxygen atoms in total. The number of nitrogens with zero attached hydrogens (tertiary/aromatic N) is 1. The molecule has 1 fully saturated rings. The Morgan fingerprint density at radius 1 is 0.971 bits per heavy atom. The van der Waals surface area contributed by atoms with Gasteiger partial charge in [0.05, 0.1) is 10.7 Å². The third-order valence-corrected chi connectivity index (χ3v) is 5.79. The van der Waals surface area contributed by atoms with Crippen molar-refractivity contribution in [3.8, 4) is 5.75 Å². The van der Waals surface area contributed by atoms with Gasteiger partial charge in [-0.1, -0.05) is 65.2 Å². The van der Waals surface area contributed by atoms with Crippen molar-refractivity contribution in [2.75, 3.05) is 4.90 Å². The van der Waals surface area contributed by atoms with Gasteiger partial charge in [-0.2, -0.15) is 0 Å². The number of urea groups is 1. The van der Waals surface area contributed by atoms with E-state index in [1.165, 1.54) is 12.1 Å². The standard InChI is InChI=1S/C26H20Cl2N2O4/c1-15-4-3-5-18(10-15)14-34-23-9-7-17(12-21(23)28)11-20-24(31)29-26(33)30(25(20)32)22-13-19(27)8-6-16(22)2/h3-13H,14H2,1-2H3,(H,29,31,33)/b20-11+. The van der Waals surface area contributed by atoms with Crippen LogP contribution in [0.3, 0.4) is 0 Å². The predicted molar refractivity (Wildman–Crippen MR) is 132 cm³/mol. The van der Waals surface area contributed by atoms with Crippen molar-refractivity contribution >= 4 is 52.8 Å². The van der Waals surface area contributed by atoms with E-state index in [4.69, 9.17) is 27.9 Å². The molecule has 1 N–H and O–H groups in total. The first-order valence-electron chi connectivity index (χ1n) is 10.4. The maximum atomic E-state index is 13.1. The number of nitrogens with one attached hydrogen (secondary N) is 1. The second-order valence-electron chi connectivity index (χ2n) is 7.86. The molecular weight excluding hydrogens is 475 g/mol. The fourth-order valence-electron chi connectivity index (χ4n) is 3.55. The van der Waals surface area contributed by atoms with Gasteiger partial charge in [0.2, 0.25) is 0 Å². The molecule has 4 amide bonds. The molecule has 1 aliphatic heterocycles. The van der Waals surface area contributed by atoms with Gasteiger partial charge in [0.15, 0.2) is 0 Å². The predicted octanol–water partition coefficient (Wildman–Crippen LogP) is 5.86. The van der Waals surface area contributed by atoms with Crippen LogP contribution in [0.4, 0.5) is 10.5 Å². The average molecular weight is 495 g/mol. The first-order valence-corrected chi connectivity index (χ1v) is 11.1. The first-order chi connectivity index (χ1) is 16.2. The van der Waals surface area contributed by atoms with Crippen LogP contribution in [0.2, 0.25) is 10.0 Å².